The highest BCUT2D eigenvalue weighted by molar-refractivity contribution is 6.03. The summed E-state index contributed by atoms with van der Waals surface area (Å²) in [5.74, 6) is 0.0994. The maximum Gasteiger partial charge on any atom is 0.278 e. The third-order valence-electron chi connectivity index (χ3n) is 3.89. The van der Waals surface area contributed by atoms with E-state index in [9.17, 15) is 9.59 Å². The molecule has 3 rings (SSSR count). The van der Waals surface area contributed by atoms with Crippen LogP contribution in [-0.4, -0.2) is 33.9 Å². The van der Waals surface area contributed by atoms with Gasteiger partial charge < -0.3 is 15.4 Å². The van der Waals surface area contributed by atoms with E-state index in [2.05, 4.69) is 20.9 Å². The van der Waals surface area contributed by atoms with Crippen molar-refractivity contribution in [3.05, 3.63) is 59.9 Å². The molecule has 2 amide bonds. The molecular weight excluding hydrogens is 346 g/mol. The number of carbonyl (C=O) groups is 2. The zero-order valence-corrected chi connectivity index (χ0v) is 15.2. The van der Waals surface area contributed by atoms with Crippen molar-refractivity contribution >= 4 is 23.2 Å². The summed E-state index contributed by atoms with van der Waals surface area (Å²) in [4.78, 5) is 23.6. The van der Waals surface area contributed by atoms with E-state index in [-0.39, 0.29) is 17.5 Å². The van der Waals surface area contributed by atoms with Crippen LogP contribution in [-0.2, 0) is 4.79 Å². The van der Waals surface area contributed by atoms with Crippen LogP contribution in [0.2, 0.25) is 0 Å². The van der Waals surface area contributed by atoms with Crippen LogP contribution in [0.15, 0.2) is 48.5 Å². The molecule has 2 N–H and O–H groups in total. The second-order valence-electron chi connectivity index (χ2n) is 5.82. The second-order valence-corrected chi connectivity index (χ2v) is 5.82. The number of para-hydroxylation sites is 2. The number of anilines is 2. The van der Waals surface area contributed by atoms with Gasteiger partial charge in [-0.1, -0.05) is 17.3 Å². The lowest BCUT2D eigenvalue weighted by molar-refractivity contribution is -0.114. The predicted molar refractivity (Wildman–Crippen MR) is 101 cm³/mol. The van der Waals surface area contributed by atoms with E-state index < -0.39 is 0 Å². The molecule has 3 aromatic rings. The van der Waals surface area contributed by atoms with Gasteiger partial charge >= 0.3 is 0 Å². The molecule has 8 heteroatoms. The molecule has 0 atom stereocenters. The fourth-order valence-corrected chi connectivity index (χ4v) is 2.60. The highest BCUT2D eigenvalue weighted by Gasteiger charge is 2.19. The third-order valence-corrected chi connectivity index (χ3v) is 3.89. The Morgan fingerprint density at radius 1 is 1.00 bits per heavy atom. The molecule has 0 unspecified atom stereocenters. The summed E-state index contributed by atoms with van der Waals surface area (Å²) in [6.07, 6.45) is 0. The summed E-state index contributed by atoms with van der Waals surface area (Å²) in [7, 11) is 1.57. The molecular formula is C19H19N5O3. The molecule has 0 fully saturated rings. The number of amides is 2. The van der Waals surface area contributed by atoms with Gasteiger partial charge in [-0.2, -0.15) is 0 Å². The Balaban J connectivity index is 1.80. The van der Waals surface area contributed by atoms with E-state index in [4.69, 9.17) is 4.74 Å². The van der Waals surface area contributed by atoms with Gasteiger partial charge in [0, 0.05) is 18.3 Å². The second kappa shape index (κ2) is 7.69. The normalized spacial score (nSPS) is 10.3. The maximum absolute atomic E-state index is 12.6. The minimum atomic E-state index is -0.374. The van der Waals surface area contributed by atoms with Gasteiger partial charge in [0.25, 0.3) is 5.91 Å². The quantitative estimate of drug-likeness (QED) is 0.724. The van der Waals surface area contributed by atoms with Crippen molar-refractivity contribution in [3.8, 4) is 11.4 Å². The number of nitrogens with zero attached hydrogens (tertiary/aromatic N) is 3. The summed E-state index contributed by atoms with van der Waals surface area (Å²) < 4.78 is 6.90. The Morgan fingerprint density at radius 3 is 2.26 bits per heavy atom. The fourth-order valence-electron chi connectivity index (χ4n) is 2.60. The van der Waals surface area contributed by atoms with E-state index in [0.29, 0.717) is 28.5 Å². The van der Waals surface area contributed by atoms with Crippen molar-refractivity contribution in [1.82, 2.24) is 15.0 Å². The summed E-state index contributed by atoms with van der Waals surface area (Å²) in [5, 5.41) is 13.5. The van der Waals surface area contributed by atoms with Crippen LogP contribution in [0, 0.1) is 6.92 Å². The van der Waals surface area contributed by atoms with Crippen LogP contribution >= 0.6 is 0 Å². The first-order valence-corrected chi connectivity index (χ1v) is 8.24. The average Bonchev–Trinajstić information content (AvgIpc) is 3.04. The molecule has 1 aromatic heterocycles. The largest absolute Gasteiger partial charge is 0.494 e. The molecule has 0 radical (unpaired) electrons. The molecule has 0 spiro atoms. The smallest absolute Gasteiger partial charge is 0.278 e. The van der Waals surface area contributed by atoms with E-state index in [0.717, 1.165) is 0 Å². The Kier molecular flexibility index (Phi) is 5.16. The Hall–Kier alpha value is -3.68. The summed E-state index contributed by atoms with van der Waals surface area (Å²) in [6, 6.07) is 14.2. The lowest BCUT2D eigenvalue weighted by atomic mass is 10.2. The summed E-state index contributed by atoms with van der Waals surface area (Å²) in [6.45, 7) is 3.20. The van der Waals surface area contributed by atoms with Gasteiger partial charge in [-0.25, -0.2) is 4.68 Å². The van der Waals surface area contributed by atoms with Crippen LogP contribution in [0.1, 0.15) is 23.1 Å². The van der Waals surface area contributed by atoms with Gasteiger partial charge in [-0.3, -0.25) is 9.59 Å². The Labute approximate surface area is 156 Å². The topological polar surface area (TPSA) is 98.1 Å². The number of hydrogen-bond donors (Lipinski definition) is 2. The van der Waals surface area contributed by atoms with Gasteiger partial charge in [0.05, 0.1) is 12.8 Å². The number of carbonyl (C=O) groups excluding carboxylic acids is 2. The third kappa shape index (κ3) is 3.95. The van der Waals surface area contributed by atoms with Crippen molar-refractivity contribution < 1.29 is 14.3 Å². The lowest BCUT2D eigenvalue weighted by Gasteiger charge is -2.09. The number of rotatable bonds is 5. The SMILES string of the molecule is COc1ccccc1-n1nnc(C(=O)Nc2ccc(NC(C)=O)cc2)c1C. The Morgan fingerprint density at radius 2 is 1.63 bits per heavy atom. The van der Waals surface area contributed by atoms with Crippen molar-refractivity contribution in [1.29, 1.82) is 0 Å². The number of nitrogens with one attached hydrogen (secondary N) is 2. The molecule has 0 aliphatic rings. The molecule has 1 heterocycles. The predicted octanol–water partition coefficient (Wildman–Crippen LogP) is 2.80. The summed E-state index contributed by atoms with van der Waals surface area (Å²) >= 11 is 0. The van der Waals surface area contributed by atoms with Gasteiger partial charge in [0.1, 0.15) is 11.4 Å². The first kappa shape index (κ1) is 18.1. The molecule has 0 saturated carbocycles. The van der Waals surface area contributed by atoms with Crippen molar-refractivity contribution in [2.75, 3.05) is 17.7 Å². The first-order chi connectivity index (χ1) is 13.0. The minimum absolute atomic E-state index is 0.157. The maximum atomic E-state index is 12.6. The first-order valence-electron chi connectivity index (χ1n) is 8.24. The molecule has 0 aliphatic heterocycles. The number of aromatic nitrogens is 3. The standard InChI is InChI=1S/C19H19N5O3/c1-12-18(22-23-24(12)16-6-4-5-7-17(16)27-3)19(26)21-15-10-8-14(9-11-15)20-13(2)25/h4-11H,1-3H3,(H,20,25)(H,21,26). The van der Waals surface area contributed by atoms with Crippen LogP contribution in [0.5, 0.6) is 5.75 Å². The van der Waals surface area contributed by atoms with Crippen molar-refractivity contribution in [2.24, 2.45) is 0 Å². The van der Waals surface area contributed by atoms with Crippen LogP contribution in [0.3, 0.4) is 0 Å². The number of hydrogen-bond acceptors (Lipinski definition) is 5. The highest BCUT2D eigenvalue weighted by atomic mass is 16.5. The van der Waals surface area contributed by atoms with Gasteiger partial charge in [0.15, 0.2) is 5.69 Å². The van der Waals surface area contributed by atoms with E-state index in [1.165, 1.54) is 6.92 Å². The molecule has 8 nitrogen and oxygen atoms in total. The minimum Gasteiger partial charge on any atom is -0.494 e. The zero-order chi connectivity index (χ0) is 19.4. The summed E-state index contributed by atoms with van der Waals surface area (Å²) in [5.41, 5.74) is 2.74. The van der Waals surface area contributed by atoms with Gasteiger partial charge in [0.2, 0.25) is 5.91 Å². The van der Waals surface area contributed by atoms with Gasteiger partial charge in [-0.15, -0.1) is 5.10 Å². The average molecular weight is 365 g/mol. The van der Waals surface area contributed by atoms with E-state index >= 15 is 0 Å². The molecule has 0 saturated heterocycles. The number of benzene rings is 2. The van der Waals surface area contributed by atoms with E-state index in [1.54, 1.807) is 43.0 Å². The van der Waals surface area contributed by atoms with E-state index in [1.807, 2.05) is 24.3 Å². The number of methoxy groups -OCH3 is 1. The molecule has 0 aliphatic carbocycles. The van der Waals surface area contributed by atoms with Gasteiger partial charge in [-0.05, 0) is 43.3 Å². The zero-order valence-electron chi connectivity index (χ0n) is 15.2. The lowest BCUT2D eigenvalue weighted by Crippen LogP contribution is -2.14. The number of ether oxygens (including phenoxy) is 1. The molecule has 0 bridgehead atoms. The molecule has 2 aromatic carbocycles. The fraction of sp³-hybridized carbons (Fsp3) is 0.158. The van der Waals surface area contributed by atoms with Crippen LogP contribution in [0.25, 0.3) is 5.69 Å². The highest BCUT2D eigenvalue weighted by Crippen LogP contribution is 2.23. The van der Waals surface area contributed by atoms with Crippen molar-refractivity contribution in [3.63, 3.8) is 0 Å². The molecule has 27 heavy (non-hydrogen) atoms. The van der Waals surface area contributed by atoms with Crippen LogP contribution < -0.4 is 15.4 Å². The van der Waals surface area contributed by atoms with Crippen molar-refractivity contribution in [2.45, 2.75) is 13.8 Å². The Bertz CT molecular complexity index is 979. The monoisotopic (exact) mass is 365 g/mol. The van der Waals surface area contributed by atoms with Crippen LogP contribution in [0.4, 0.5) is 11.4 Å². The molecule has 138 valence electrons.